The van der Waals surface area contributed by atoms with E-state index in [-0.39, 0.29) is 4.90 Å². The number of anilines is 1. The third kappa shape index (κ3) is 5.30. The lowest BCUT2D eigenvalue weighted by atomic mass is 9.97. The molecule has 1 heterocycles. The van der Waals surface area contributed by atoms with E-state index in [1.807, 2.05) is 42.5 Å². The van der Waals surface area contributed by atoms with E-state index in [1.165, 1.54) is 11.6 Å². The van der Waals surface area contributed by atoms with Crippen LogP contribution in [0.2, 0.25) is 0 Å². The van der Waals surface area contributed by atoms with Gasteiger partial charge >= 0.3 is 0 Å². The highest BCUT2D eigenvalue weighted by atomic mass is 32.2. The highest BCUT2D eigenvalue weighted by Gasteiger charge is 2.15. The van der Waals surface area contributed by atoms with Crippen LogP contribution in [0.4, 0.5) is 5.82 Å². The number of aryl methyl sites for hydroxylation is 1. The Kier molecular flexibility index (Phi) is 6.80. The van der Waals surface area contributed by atoms with Gasteiger partial charge in [-0.05, 0) is 53.1 Å². The summed E-state index contributed by atoms with van der Waals surface area (Å²) < 4.78 is 23.9. The minimum Gasteiger partial charge on any atom is -0.370 e. The molecule has 0 fully saturated rings. The number of primary sulfonamides is 1. The molecule has 0 aliphatic rings. The third-order valence-electron chi connectivity index (χ3n) is 6.18. The zero-order valence-corrected chi connectivity index (χ0v) is 20.6. The van der Waals surface area contributed by atoms with E-state index < -0.39 is 10.0 Å². The molecule has 1 aromatic heterocycles. The Morgan fingerprint density at radius 1 is 0.750 bits per heavy atom. The molecule has 0 atom stereocenters. The van der Waals surface area contributed by atoms with Gasteiger partial charge in [-0.25, -0.2) is 18.5 Å². The number of nitrogens with one attached hydrogen (secondary N) is 1. The average molecular weight is 494 g/mol. The van der Waals surface area contributed by atoms with Gasteiger partial charge in [-0.15, -0.1) is 0 Å². The number of nitrogens with two attached hydrogens (primary N) is 1. The van der Waals surface area contributed by atoms with E-state index in [4.69, 9.17) is 10.1 Å². The first-order chi connectivity index (χ1) is 17.5. The molecule has 5 nitrogen and oxygen atoms in total. The molecular weight excluding hydrogens is 466 g/mol. The van der Waals surface area contributed by atoms with Gasteiger partial charge in [0.25, 0.3) is 0 Å². The summed E-state index contributed by atoms with van der Waals surface area (Å²) in [6.07, 6.45) is 1.92. The summed E-state index contributed by atoms with van der Waals surface area (Å²) in [6, 6.07) is 35.5. The lowest BCUT2D eigenvalue weighted by molar-refractivity contribution is 0.598. The maximum absolute atomic E-state index is 11.9. The van der Waals surface area contributed by atoms with Crippen LogP contribution in [0.3, 0.4) is 0 Å². The number of fused-ring (bicyclic) bond motifs is 1. The van der Waals surface area contributed by atoms with Crippen molar-refractivity contribution >= 4 is 26.6 Å². The summed E-state index contributed by atoms with van der Waals surface area (Å²) in [6.45, 7) is 0.751. The van der Waals surface area contributed by atoms with Gasteiger partial charge < -0.3 is 5.32 Å². The highest BCUT2D eigenvalue weighted by molar-refractivity contribution is 7.89. The first-order valence-corrected chi connectivity index (χ1v) is 13.4. The van der Waals surface area contributed by atoms with Crippen LogP contribution < -0.4 is 10.5 Å². The summed E-state index contributed by atoms with van der Waals surface area (Å²) in [4.78, 5) is 5.05. The fourth-order valence-electron chi connectivity index (χ4n) is 4.42. The van der Waals surface area contributed by atoms with Crippen molar-refractivity contribution < 1.29 is 8.42 Å². The van der Waals surface area contributed by atoms with Crippen molar-refractivity contribution in [2.45, 2.75) is 17.7 Å². The maximum Gasteiger partial charge on any atom is 0.238 e. The van der Waals surface area contributed by atoms with Crippen molar-refractivity contribution in [1.29, 1.82) is 0 Å². The van der Waals surface area contributed by atoms with Gasteiger partial charge in [-0.3, -0.25) is 0 Å². The normalized spacial score (nSPS) is 11.5. The van der Waals surface area contributed by atoms with Crippen LogP contribution in [0, 0.1) is 0 Å². The molecule has 36 heavy (non-hydrogen) atoms. The van der Waals surface area contributed by atoms with Crippen LogP contribution in [0.1, 0.15) is 12.0 Å². The fourth-order valence-corrected chi connectivity index (χ4v) is 4.98. The molecule has 0 saturated carbocycles. The predicted octanol–water partition coefficient (Wildman–Crippen LogP) is 6.26. The van der Waals surface area contributed by atoms with E-state index >= 15 is 0 Å². The number of hydrogen-bond donors (Lipinski definition) is 2. The topological polar surface area (TPSA) is 85.1 Å². The summed E-state index contributed by atoms with van der Waals surface area (Å²) in [5.74, 6) is 0.774. The van der Waals surface area contributed by atoms with E-state index in [0.29, 0.717) is 11.3 Å². The molecule has 5 rings (SSSR count). The predicted molar refractivity (Wildman–Crippen MR) is 147 cm³/mol. The van der Waals surface area contributed by atoms with Crippen LogP contribution in [-0.4, -0.2) is 19.9 Å². The highest BCUT2D eigenvalue weighted by Crippen LogP contribution is 2.36. The standard InChI is InChI=1S/C30H27N3O2S/c31-36(34,35)26-17-7-15-24(20-26)28-21-25-16-8-18-27(23-13-5-2-6-14-23)29(25)30(33-28)32-19-9-12-22-10-3-1-4-11-22/h1-8,10-11,13-18,20-21H,9,12,19H2,(H,32,33)(H2,31,34,35). The second-order valence-electron chi connectivity index (χ2n) is 8.71. The Bertz CT molecular complexity index is 1600. The maximum atomic E-state index is 11.9. The molecule has 0 aliphatic heterocycles. The SMILES string of the molecule is NS(=O)(=O)c1cccc(-c2cc3cccc(-c4ccccc4)c3c(NCCCc3ccccc3)n2)c1. The van der Waals surface area contributed by atoms with Gasteiger partial charge in [-0.2, -0.15) is 0 Å². The number of nitrogens with zero attached hydrogens (tertiary/aromatic N) is 1. The molecular formula is C30H27N3O2S. The van der Waals surface area contributed by atoms with Crippen molar-refractivity contribution in [2.24, 2.45) is 5.14 Å². The summed E-state index contributed by atoms with van der Waals surface area (Å²) in [7, 11) is -3.82. The molecule has 0 bridgehead atoms. The second kappa shape index (κ2) is 10.3. The number of hydrogen-bond acceptors (Lipinski definition) is 4. The van der Waals surface area contributed by atoms with Gasteiger partial charge in [-0.1, -0.05) is 91.0 Å². The molecule has 0 aliphatic carbocycles. The monoisotopic (exact) mass is 493 g/mol. The first kappa shape index (κ1) is 23.7. The smallest absolute Gasteiger partial charge is 0.238 e. The van der Waals surface area contributed by atoms with Gasteiger partial charge in [0.05, 0.1) is 10.6 Å². The Balaban J connectivity index is 1.57. The quantitative estimate of drug-likeness (QED) is 0.250. The Labute approximate surface area is 211 Å². The van der Waals surface area contributed by atoms with Crippen LogP contribution in [-0.2, 0) is 16.4 Å². The zero-order valence-electron chi connectivity index (χ0n) is 19.8. The van der Waals surface area contributed by atoms with E-state index in [9.17, 15) is 8.42 Å². The zero-order chi connectivity index (χ0) is 25.0. The largest absolute Gasteiger partial charge is 0.370 e. The Morgan fingerprint density at radius 2 is 1.44 bits per heavy atom. The van der Waals surface area contributed by atoms with E-state index in [1.54, 1.807) is 12.1 Å². The number of pyridine rings is 1. The van der Waals surface area contributed by atoms with Crippen molar-refractivity contribution in [2.75, 3.05) is 11.9 Å². The third-order valence-corrected chi connectivity index (χ3v) is 7.09. The molecule has 6 heteroatoms. The number of sulfonamides is 1. The molecule has 180 valence electrons. The molecule has 0 unspecified atom stereocenters. The number of benzene rings is 4. The summed E-state index contributed by atoms with van der Waals surface area (Å²) in [5.41, 5.74) is 4.89. The summed E-state index contributed by atoms with van der Waals surface area (Å²) >= 11 is 0. The molecule has 0 radical (unpaired) electrons. The van der Waals surface area contributed by atoms with Crippen LogP contribution in [0.5, 0.6) is 0 Å². The minimum absolute atomic E-state index is 0.0669. The molecule has 0 amide bonds. The van der Waals surface area contributed by atoms with Crippen molar-refractivity contribution in [1.82, 2.24) is 4.98 Å². The van der Waals surface area contributed by atoms with Crippen molar-refractivity contribution in [3.05, 3.63) is 115 Å². The lowest BCUT2D eigenvalue weighted by Gasteiger charge is -2.15. The fraction of sp³-hybridized carbons (Fsp3) is 0.100. The van der Waals surface area contributed by atoms with Gasteiger partial charge in [0.15, 0.2) is 0 Å². The average Bonchev–Trinajstić information content (AvgIpc) is 2.91. The van der Waals surface area contributed by atoms with Crippen LogP contribution >= 0.6 is 0 Å². The lowest BCUT2D eigenvalue weighted by Crippen LogP contribution is -2.12. The van der Waals surface area contributed by atoms with Crippen LogP contribution in [0.15, 0.2) is 114 Å². The van der Waals surface area contributed by atoms with Gasteiger partial charge in [0.1, 0.15) is 5.82 Å². The van der Waals surface area contributed by atoms with E-state index in [0.717, 1.165) is 47.1 Å². The Morgan fingerprint density at radius 3 is 2.19 bits per heavy atom. The molecule has 3 N–H and O–H groups in total. The first-order valence-electron chi connectivity index (χ1n) is 11.9. The van der Waals surface area contributed by atoms with Gasteiger partial charge in [0, 0.05) is 17.5 Å². The minimum atomic E-state index is -3.82. The summed E-state index contributed by atoms with van der Waals surface area (Å²) in [5, 5.41) is 11.0. The van der Waals surface area contributed by atoms with E-state index in [2.05, 4.69) is 53.8 Å². The van der Waals surface area contributed by atoms with Crippen molar-refractivity contribution in [3.63, 3.8) is 0 Å². The molecule has 4 aromatic carbocycles. The van der Waals surface area contributed by atoms with Gasteiger partial charge in [0.2, 0.25) is 10.0 Å². The van der Waals surface area contributed by atoms with Crippen LogP contribution in [0.25, 0.3) is 33.2 Å². The molecule has 0 saturated heterocycles. The number of rotatable bonds is 8. The molecule has 0 spiro atoms. The van der Waals surface area contributed by atoms with Crippen molar-refractivity contribution in [3.8, 4) is 22.4 Å². The molecule has 5 aromatic rings. The second-order valence-corrected chi connectivity index (χ2v) is 10.3. The number of aromatic nitrogens is 1. The Hall–Kier alpha value is -4.00.